The first kappa shape index (κ1) is 38.5. The Morgan fingerprint density at radius 2 is 1.81 bits per heavy atom. The van der Waals surface area contributed by atoms with Crippen molar-refractivity contribution in [3.63, 3.8) is 0 Å². The van der Waals surface area contributed by atoms with E-state index in [9.17, 15) is 32.4 Å². The van der Waals surface area contributed by atoms with Gasteiger partial charge < -0.3 is 30.7 Å². The third-order valence-electron chi connectivity index (χ3n) is 11.2. The van der Waals surface area contributed by atoms with Crippen LogP contribution in [0.5, 0.6) is 0 Å². The number of benzene rings is 1. The highest BCUT2D eigenvalue weighted by atomic mass is 32.2. The minimum absolute atomic E-state index is 0.127. The molecule has 1 aromatic carbocycles. The molecule has 16 heteroatoms. The number of carbonyl (C=O) groups excluding carboxylic acids is 5. The van der Waals surface area contributed by atoms with Crippen LogP contribution in [-0.2, 0) is 53.4 Å². The lowest BCUT2D eigenvalue weighted by atomic mass is 9.86. The Morgan fingerprint density at radius 3 is 2.51 bits per heavy atom. The molecule has 6 rings (SSSR count). The summed E-state index contributed by atoms with van der Waals surface area (Å²) >= 11 is 0. The van der Waals surface area contributed by atoms with Gasteiger partial charge in [-0.25, -0.2) is 22.7 Å². The number of nitrogens with two attached hydrogens (primary N) is 1. The monoisotopic (exact) mass is 756 g/mol. The standard InChI is InChI=1S/C37H52N6O9S/c1-4-16-37(38,33(46)41-53(49,50)27-14-15-27)40-31(44)29-18-26-20-43(29)32(45)30(24-9-5-6-10-24)39-34(47)51-22-36(2,3)17-8-13-23-11-7-12-25-19-42(21-28(23)25)35(48)52-26/h4,7,11-12,24,26-27,29-30H,1,5-6,8-10,13-22,38H2,2-3H3,(H,39,47)(H,40,44)(H,41,46)/t26-,29+,30+,37-/m1/s1. The smallest absolute Gasteiger partial charge is 0.410 e. The lowest BCUT2D eigenvalue weighted by Crippen LogP contribution is -2.68. The van der Waals surface area contributed by atoms with E-state index in [0.29, 0.717) is 38.8 Å². The molecule has 0 spiro atoms. The van der Waals surface area contributed by atoms with Crippen LogP contribution >= 0.6 is 0 Å². The zero-order chi connectivity index (χ0) is 38.1. The summed E-state index contributed by atoms with van der Waals surface area (Å²) in [7, 11) is -4.01. The number of amides is 5. The number of sulfonamides is 1. The summed E-state index contributed by atoms with van der Waals surface area (Å²) < 4.78 is 38.9. The molecule has 4 bridgehead atoms. The number of cyclic esters (lactones) is 1. The van der Waals surface area contributed by atoms with E-state index in [1.165, 1.54) is 11.0 Å². The first-order valence-electron chi connectivity index (χ1n) is 18.7. The van der Waals surface area contributed by atoms with Crippen LogP contribution in [0.3, 0.4) is 0 Å². The number of hydrogen-bond acceptors (Lipinski definition) is 10. The van der Waals surface area contributed by atoms with E-state index in [4.69, 9.17) is 15.2 Å². The molecule has 4 atom stereocenters. The topological polar surface area (TPSA) is 207 Å². The van der Waals surface area contributed by atoms with E-state index in [-0.39, 0.29) is 37.3 Å². The molecule has 15 nitrogen and oxygen atoms in total. The van der Waals surface area contributed by atoms with Crippen LogP contribution in [0, 0.1) is 11.3 Å². The molecule has 2 aliphatic carbocycles. The van der Waals surface area contributed by atoms with Gasteiger partial charge in [-0.15, -0.1) is 6.58 Å². The van der Waals surface area contributed by atoms with Crippen LogP contribution in [-0.4, -0.2) is 90.4 Å². The predicted octanol–water partition coefficient (Wildman–Crippen LogP) is 2.71. The van der Waals surface area contributed by atoms with Gasteiger partial charge in [0.2, 0.25) is 21.8 Å². The van der Waals surface area contributed by atoms with Crippen LogP contribution < -0.4 is 21.1 Å². The fraction of sp³-hybridized carbons (Fsp3) is 0.649. The molecule has 0 radical (unpaired) electrons. The largest absolute Gasteiger partial charge is 0.449 e. The number of fused-ring (bicyclic) bond motifs is 3. The average Bonchev–Trinajstić information content (AvgIpc) is 3.46. The van der Waals surface area contributed by atoms with Crippen molar-refractivity contribution in [3.05, 3.63) is 47.5 Å². The molecule has 5 N–H and O–H groups in total. The first-order valence-corrected chi connectivity index (χ1v) is 20.2. The fourth-order valence-electron chi connectivity index (χ4n) is 7.97. The van der Waals surface area contributed by atoms with Crippen LogP contribution in [0.4, 0.5) is 9.59 Å². The summed E-state index contributed by atoms with van der Waals surface area (Å²) in [5.74, 6) is -2.79. The third-order valence-corrected chi connectivity index (χ3v) is 13.0. The van der Waals surface area contributed by atoms with E-state index in [1.54, 1.807) is 4.90 Å². The van der Waals surface area contributed by atoms with Crippen LogP contribution in [0.1, 0.15) is 94.7 Å². The summed E-state index contributed by atoms with van der Waals surface area (Å²) in [5, 5.41) is 4.56. The second-order valence-corrected chi connectivity index (χ2v) is 18.0. The number of nitrogens with zero attached hydrogens (tertiary/aromatic N) is 2. The highest BCUT2D eigenvalue weighted by molar-refractivity contribution is 7.91. The minimum atomic E-state index is -4.01. The number of carbonyl (C=O) groups is 5. The maximum atomic E-state index is 14.5. The second kappa shape index (κ2) is 15.3. The Balaban J connectivity index is 1.29. The van der Waals surface area contributed by atoms with Crippen molar-refractivity contribution in [1.29, 1.82) is 0 Å². The molecule has 3 heterocycles. The van der Waals surface area contributed by atoms with Crippen LogP contribution in [0.15, 0.2) is 30.9 Å². The lowest BCUT2D eigenvalue weighted by Gasteiger charge is -2.34. The SMILES string of the molecule is C=CC[C@@](N)(NC(=O)[C@@H]1C[C@@H]2CN1C(=O)[C@H](C1CCCC1)NC(=O)OCC(C)(C)CCCc1cccc3c1CN(C3)C(=O)O2)C(=O)NS(=O)(=O)C1CC1. The number of rotatable bonds is 8. The van der Waals surface area contributed by atoms with Crippen LogP contribution in [0.2, 0.25) is 0 Å². The quantitative estimate of drug-likeness (QED) is 0.225. The molecule has 290 valence electrons. The number of aryl methyl sites for hydroxylation is 1. The van der Waals surface area contributed by atoms with Gasteiger partial charge in [0.1, 0.15) is 18.2 Å². The summed E-state index contributed by atoms with van der Waals surface area (Å²) in [6.07, 6.45) is 4.83. The van der Waals surface area contributed by atoms with E-state index < -0.39 is 69.0 Å². The van der Waals surface area contributed by atoms with Crippen LogP contribution in [0.25, 0.3) is 0 Å². The van der Waals surface area contributed by atoms with Gasteiger partial charge in [0.15, 0.2) is 5.66 Å². The molecule has 1 aromatic rings. The molecular formula is C37H52N6O9S. The molecule has 3 fully saturated rings. The van der Waals surface area contributed by atoms with Crippen molar-refractivity contribution >= 4 is 39.9 Å². The Hall–Kier alpha value is -4.18. The van der Waals surface area contributed by atoms with E-state index in [2.05, 4.69) is 23.3 Å². The number of alkyl carbamates (subject to hydrolysis) is 1. The zero-order valence-electron chi connectivity index (χ0n) is 30.6. The predicted molar refractivity (Wildman–Crippen MR) is 193 cm³/mol. The van der Waals surface area contributed by atoms with Gasteiger partial charge in [-0.1, -0.05) is 51.0 Å². The van der Waals surface area contributed by atoms with Crippen molar-refractivity contribution < 1.29 is 41.9 Å². The van der Waals surface area contributed by atoms with Crippen molar-refractivity contribution in [1.82, 2.24) is 25.2 Å². The fourth-order valence-corrected chi connectivity index (χ4v) is 9.33. The highest BCUT2D eigenvalue weighted by Crippen LogP contribution is 2.34. The molecule has 2 saturated carbocycles. The Bertz CT molecular complexity index is 1740. The number of ether oxygens (including phenoxy) is 2. The van der Waals surface area contributed by atoms with Gasteiger partial charge in [0, 0.05) is 25.9 Å². The van der Waals surface area contributed by atoms with E-state index in [0.717, 1.165) is 48.8 Å². The minimum Gasteiger partial charge on any atom is -0.449 e. The van der Waals surface area contributed by atoms with Crippen molar-refractivity contribution in [3.8, 4) is 0 Å². The Kier molecular flexibility index (Phi) is 11.1. The summed E-state index contributed by atoms with van der Waals surface area (Å²) in [5.41, 5.74) is 7.03. The number of hydrogen-bond donors (Lipinski definition) is 4. The van der Waals surface area contributed by atoms with Gasteiger partial charge >= 0.3 is 12.2 Å². The first-order chi connectivity index (χ1) is 25.1. The average molecular weight is 757 g/mol. The summed E-state index contributed by atoms with van der Waals surface area (Å²) in [6.45, 7) is 8.34. The molecule has 5 aliphatic rings. The highest BCUT2D eigenvalue weighted by Gasteiger charge is 2.49. The normalized spacial score (nSPS) is 26.6. The summed E-state index contributed by atoms with van der Waals surface area (Å²) in [4.78, 5) is 71.8. The van der Waals surface area contributed by atoms with Gasteiger partial charge in [0.25, 0.3) is 5.91 Å². The molecule has 1 saturated heterocycles. The Morgan fingerprint density at radius 1 is 1.09 bits per heavy atom. The summed E-state index contributed by atoms with van der Waals surface area (Å²) in [6, 6.07) is 3.71. The van der Waals surface area contributed by atoms with Crippen molar-refractivity contribution in [2.75, 3.05) is 13.2 Å². The van der Waals surface area contributed by atoms with Gasteiger partial charge in [0.05, 0.1) is 18.4 Å². The van der Waals surface area contributed by atoms with Gasteiger partial charge in [-0.2, -0.15) is 0 Å². The van der Waals surface area contributed by atoms with Gasteiger partial charge in [-0.05, 0) is 73.0 Å². The molecule has 3 aliphatic heterocycles. The zero-order valence-corrected chi connectivity index (χ0v) is 31.4. The van der Waals surface area contributed by atoms with E-state index in [1.807, 2.05) is 30.7 Å². The molecule has 5 amide bonds. The second-order valence-electron chi connectivity index (χ2n) is 16.0. The molecular weight excluding hydrogens is 705 g/mol. The third kappa shape index (κ3) is 8.80. The Labute approximate surface area is 310 Å². The van der Waals surface area contributed by atoms with E-state index >= 15 is 0 Å². The lowest BCUT2D eigenvalue weighted by molar-refractivity contribution is -0.142. The molecule has 0 unspecified atom stereocenters. The maximum absolute atomic E-state index is 14.5. The number of nitrogens with one attached hydrogen (secondary N) is 3. The maximum Gasteiger partial charge on any atom is 0.410 e. The molecule has 0 aromatic heterocycles. The van der Waals surface area contributed by atoms with Crippen molar-refractivity contribution in [2.24, 2.45) is 17.1 Å². The van der Waals surface area contributed by atoms with Crippen molar-refractivity contribution in [2.45, 2.75) is 127 Å². The van der Waals surface area contributed by atoms with Gasteiger partial charge in [-0.3, -0.25) is 19.3 Å². The molecule has 53 heavy (non-hydrogen) atoms.